The molecule has 0 aromatic heterocycles. The molecule has 2 amide bonds. The SMILES string of the molecule is CN1CCC(CNC(=O)N2CCC([C@@H](O)CCc3ccccc3)CC2)CC1. The van der Waals surface area contributed by atoms with E-state index >= 15 is 0 Å². The lowest BCUT2D eigenvalue weighted by atomic mass is 9.88. The molecular weight excluding hydrogens is 338 g/mol. The Balaban J connectivity index is 1.33. The van der Waals surface area contributed by atoms with Gasteiger partial charge in [-0.15, -0.1) is 0 Å². The van der Waals surface area contributed by atoms with Gasteiger partial charge >= 0.3 is 6.03 Å². The predicted molar refractivity (Wildman–Crippen MR) is 109 cm³/mol. The van der Waals surface area contributed by atoms with Gasteiger partial charge in [0.2, 0.25) is 0 Å². The Morgan fingerprint density at radius 2 is 1.78 bits per heavy atom. The van der Waals surface area contributed by atoms with Gasteiger partial charge in [-0.2, -0.15) is 0 Å². The van der Waals surface area contributed by atoms with Crippen molar-refractivity contribution in [3.63, 3.8) is 0 Å². The van der Waals surface area contributed by atoms with Gasteiger partial charge in [-0.3, -0.25) is 0 Å². The lowest BCUT2D eigenvalue weighted by Crippen LogP contribution is -2.47. The predicted octanol–water partition coefficient (Wildman–Crippen LogP) is 2.74. The number of aliphatic hydroxyl groups is 1. The van der Waals surface area contributed by atoms with Gasteiger partial charge in [0, 0.05) is 19.6 Å². The Kier molecular flexibility index (Phi) is 7.53. The molecule has 3 rings (SSSR count). The van der Waals surface area contributed by atoms with Gasteiger partial charge in [-0.1, -0.05) is 30.3 Å². The third-order valence-electron chi connectivity index (χ3n) is 6.32. The number of aryl methyl sites for hydroxylation is 1. The first-order valence-corrected chi connectivity index (χ1v) is 10.5. The molecule has 2 aliphatic rings. The van der Waals surface area contributed by atoms with Gasteiger partial charge in [0.1, 0.15) is 0 Å². The van der Waals surface area contributed by atoms with Crippen molar-refractivity contribution in [3.05, 3.63) is 35.9 Å². The van der Waals surface area contributed by atoms with Crippen molar-refractivity contribution in [1.82, 2.24) is 15.1 Å². The van der Waals surface area contributed by atoms with E-state index < -0.39 is 0 Å². The molecule has 27 heavy (non-hydrogen) atoms. The van der Waals surface area contributed by atoms with E-state index in [2.05, 4.69) is 29.4 Å². The summed E-state index contributed by atoms with van der Waals surface area (Å²) in [7, 11) is 2.16. The van der Waals surface area contributed by atoms with Gasteiger partial charge < -0.3 is 20.2 Å². The van der Waals surface area contributed by atoms with Crippen molar-refractivity contribution >= 4 is 6.03 Å². The Morgan fingerprint density at radius 1 is 1.11 bits per heavy atom. The van der Waals surface area contributed by atoms with Gasteiger partial charge in [0.05, 0.1) is 6.10 Å². The highest BCUT2D eigenvalue weighted by molar-refractivity contribution is 5.74. The van der Waals surface area contributed by atoms with E-state index in [4.69, 9.17) is 0 Å². The van der Waals surface area contributed by atoms with Crippen LogP contribution >= 0.6 is 0 Å². The molecule has 0 saturated carbocycles. The average molecular weight is 374 g/mol. The third-order valence-corrected chi connectivity index (χ3v) is 6.32. The normalized spacial score (nSPS) is 21.2. The van der Waals surface area contributed by atoms with Crippen LogP contribution in [0.3, 0.4) is 0 Å². The van der Waals surface area contributed by atoms with E-state index in [-0.39, 0.29) is 12.1 Å². The quantitative estimate of drug-likeness (QED) is 0.806. The number of carbonyl (C=O) groups is 1. The number of aliphatic hydroxyl groups excluding tert-OH is 1. The summed E-state index contributed by atoms with van der Waals surface area (Å²) in [5.74, 6) is 0.925. The maximum absolute atomic E-state index is 12.4. The van der Waals surface area contributed by atoms with Crippen molar-refractivity contribution in [2.24, 2.45) is 11.8 Å². The molecule has 2 heterocycles. The Bertz CT molecular complexity index is 564. The number of likely N-dealkylation sites (tertiary alicyclic amines) is 2. The molecule has 1 atom stereocenters. The van der Waals surface area contributed by atoms with Crippen LogP contribution in [0, 0.1) is 11.8 Å². The van der Waals surface area contributed by atoms with Crippen molar-refractivity contribution < 1.29 is 9.90 Å². The molecule has 2 fully saturated rings. The van der Waals surface area contributed by atoms with E-state index in [1.807, 2.05) is 23.1 Å². The topological polar surface area (TPSA) is 55.8 Å². The number of hydrogen-bond acceptors (Lipinski definition) is 3. The van der Waals surface area contributed by atoms with Crippen LogP contribution in [0.15, 0.2) is 30.3 Å². The number of nitrogens with zero attached hydrogens (tertiary/aromatic N) is 2. The second-order valence-electron chi connectivity index (χ2n) is 8.35. The monoisotopic (exact) mass is 373 g/mol. The van der Waals surface area contributed by atoms with Crippen LogP contribution < -0.4 is 5.32 Å². The maximum atomic E-state index is 12.4. The zero-order valence-corrected chi connectivity index (χ0v) is 16.6. The highest BCUT2D eigenvalue weighted by Gasteiger charge is 2.27. The second-order valence-corrected chi connectivity index (χ2v) is 8.35. The molecule has 0 aliphatic carbocycles. The number of piperidine rings is 2. The summed E-state index contributed by atoms with van der Waals surface area (Å²) in [5, 5.41) is 13.7. The first-order chi connectivity index (χ1) is 13.1. The van der Waals surface area contributed by atoms with Crippen LogP contribution in [-0.2, 0) is 6.42 Å². The summed E-state index contributed by atoms with van der Waals surface area (Å²) in [6.45, 7) is 4.57. The summed E-state index contributed by atoms with van der Waals surface area (Å²) in [6.07, 6.45) is 5.60. The minimum absolute atomic E-state index is 0.0751. The maximum Gasteiger partial charge on any atom is 0.317 e. The Labute approximate surface area is 163 Å². The summed E-state index contributed by atoms with van der Waals surface area (Å²) in [4.78, 5) is 16.7. The lowest BCUT2D eigenvalue weighted by Gasteiger charge is -2.35. The number of hydrogen-bond donors (Lipinski definition) is 2. The van der Waals surface area contributed by atoms with Crippen LogP contribution in [0.5, 0.6) is 0 Å². The first-order valence-electron chi connectivity index (χ1n) is 10.5. The molecule has 0 unspecified atom stereocenters. The highest BCUT2D eigenvalue weighted by Crippen LogP contribution is 2.24. The summed E-state index contributed by atoms with van der Waals surface area (Å²) < 4.78 is 0. The standard InChI is InChI=1S/C22H35N3O2/c1-24-13-9-19(10-14-24)17-23-22(27)25-15-11-20(12-16-25)21(26)8-7-18-5-3-2-4-6-18/h2-6,19-21,26H,7-17H2,1H3,(H,23,27)/t21-/m0/s1. The largest absolute Gasteiger partial charge is 0.393 e. The van der Waals surface area contributed by atoms with Crippen LogP contribution in [0.4, 0.5) is 4.79 Å². The number of urea groups is 1. The van der Waals surface area contributed by atoms with Gasteiger partial charge in [-0.05, 0) is 76.1 Å². The molecule has 5 nitrogen and oxygen atoms in total. The van der Waals surface area contributed by atoms with Crippen LogP contribution in [0.2, 0.25) is 0 Å². The molecule has 0 bridgehead atoms. The molecule has 5 heteroatoms. The van der Waals surface area contributed by atoms with E-state index in [0.29, 0.717) is 11.8 Å². The summed E-state index contributed by atoms with van der Waals surface area (Å²) in [6, 6.07) is 10.4. The molecule has 2 N–H and O–H groups in total. The Hall–Kier alpha value is -1.59. The highest BCUT2D eigenvalue weighted by atomic mass is 16.3. The second kappa shape index (κ2) is 10.1. The van der Waals surface area contributed by atoms with E-state index in [0.717, 1.165) is 58.4 Å². The molecule has 1 aromatic rings. The summed E-state index contributed by atoms with van der Waals surface area (Å²) in [5.41, 5.74) is 1.28. The molecule has 1 aromatic carbocycles. The zero-order chi connectivity index (χ0) is 19.1. The minimum atomic E-state index is -0.269. The van der Waals surface area contributed by atoms with Crippen molar-refractivity contribution in [1.29, 1.82) is 0 Å². The fourth-order valence-corrected chi connectivity index (χ4v) is 4.29. The molecular formula is C22H35N3O2. The fourth-order valence-electron chi connectivity index (χ4n) is 4.29. The molecule has 0 radical (unpaired) electrons. The number of rotatable bonds is 6. The van der Waals surface area contributed by atoms with Crippen molar-refractivity contribution in [2.75, 3.05) is 39.8 Å². The van der Waals surface area contributed by atoms with Gasteiger partial charge in [-0.25, -0.2) is 4.79 Å². The van der Waals surface area contributed by atoms with Gasteiger partial charge in [0.15, 0.2) is 0 Å². The smallest absolute Gasteiger partial charge is 0.317 e. The number of carbonyl (C=O) groups excluding carboxylic acids is 1. The van der Waals surface area contributed by atoms with Crippen LogP contribution in [0.1, 0.15) is 37.7 Å². The number of benzene rings is 1. The van der Waals surface area contributed by atoms with Crippen molar-refractivity contribution in [2.45, 2.75) is 44.6 Å². The molecule has 150 valence electrons. The van der Waals surface area contributed by atoms with Crippen LogP contribution in [-0.4, -0.2) is 66.8 Å². The Morgan fingerprint density at radius 3 is 2.44 bits per heavy atom. The first kappa shape index (κ1) is 20.2. The lowest BCUT2D eigenvalue weighted by molar-refractivity contribution is 0.0608. The fraction of sp³-hybridized carbons (Fsp3) is 0.682. The van der Waals surface area contributed by atoms with Crippen LogP contribution in [0.25, 0.3) is 0 Å². The van der Waals surface area contributed by atoms with E-state index in [1.165, 1.54) is 18.4 Å². The van der Waals surface area contributed by atoms with Crippen molar-refractivity contribution in [3.8, 4) is 0 Å². The molecule has 0 spiro atoms. The van der Waals surface area contributed by atoms with E-state index in [9.17, 15) is 9.90 Å². The number of amides is 2. The third kappa shape index (κ3) is 6.22. The molecule has 2 saturated heterocycles. The number of nitrogens with one attached hydrogen (secondary N) is 1. The summed E-state index contributed by atoms with van der Waals surface area (Å²) >= 11 is 0. The average Bonchev–Trinajstić information content (AvgIpc) is 2.72. The molecule has 2 aliphatic heterocycles. The minimum Gasteiger partial charge on any atom is -0.393 e. The van der Waals surface area contributed by atoms with Gasteiger partial charge in [0.25, 0.3) is 0 Å². The van der Waals surface area contributed by atoms with E-state index in [1.54, 1.807) is 0 Å². The zero-order valence-electron chi connectivity index (χ0n) is 16.6.